The van der Waals surface area contributed by atoms with Crippen molar-refractivity contribution in [3.05, 3.63) is 35.9 Å². The van der Waals surface area contributed by atoms with Crippen LogP contribution < -0.4 is 5.32 Å². The van der Waals surface area contributed by atoms with Crippen molar-refractivity contribution < 1.29 is 19.1 Å². The second kappa shape index (κ2) is 8.34. The smallest absolute Gasteiger partial charge is 0.325 e. The van der Waals surface area contributed by atoms with Gasteiger partial charge in [-0.25, -0.2) is 4.79 Å². The average molecular weight is 358 g/mol. The van der Waals surface area contributed by atoms with Crippen molar-refractivity contribution in [2.75, 3.05) is 13.2 Å². The zero-order valence-electron chi connectivity index (χ0n) is 15.0. The summed E-state index contributed by atoms with van der Waals surface area (Å²) in [7, 11) is 0. The van der Waals surface area contributed by atoms with E-state index in [1.807, 2.05) is 30.3 Å². The van der Waals surface area contributed by atoms with Gasteiger partial charge in [0, 0.05) is 6.54 Å². The molecule has 140 valence electrons. The van der Waals surface area contributed by atoms with Gasteiger partial charge >= 0.3 is 12.0 Å². The van der Waals surface area contributed by atoms with Crippen LogP contribution in [0.1, 0.15) is 50.5 Å². The third kappa shape index (κ3) is 4.23. The first kappa shape index (κ1) is 18.4. The monoisotopic (exact) mass is 358 g/mol. The Morgan fingerprint density at radius 2 is 1.85 bits per heavy atom. The number of ether oxygens (including phenoxy) is 1. The first-order chi connectivity index (χ1) is 12.6. The minimum Gasteiger partial charge on any atom is -0.466 e. The number of hydrogen-bond donors (Lipinski definition) is 1. The van der Waals surface area contributed by atoms with E-state index in [1.54, 1.807) is 0 Å². The molecule has 1 aromatic rings. The summed E-state index contributed by atoms with van der Waals surface area (Å²) in [6, 6.07) is 9.64. The number of carbonyl (C=O) groups is 3. The molecule has 2 fully saturated rings. The third-order valence-corrected chi connectivity index (χ3v) is 5.21. The van der Waals surface area contributed by atoms with Crippen molar-refractivity contribution in [2.24, 2.45) is 0 Å². The maximum absolute atomic E-state index is 12.6. The molecule has 1 aromatic carbocycles. The lowest BCUT2D eigenvalue weighted by atomic mass is 9.82. The van der Waals surface area contributed by atoms with Crippen LogP contribution in [0.15, 0.2) is 30.3 Å². The molecule has 0 radical (unpaired) electrons. The van der Waals surface area contributed by atoms with Crippen molar-refractivity contribution in [2.45, 2.75) is 56.9 Å². The molecule has 3 amide bonds. The van der Waals surface area contributed by atoms with Crippen LogP contribution in [-0.4, -0.2) is 41.5 Å². The topological polar surface area (TPSA) is 75.7 Å². The van der Waals surface area contributed by atoms with Gasteiger partial charge < -0.3 is 10.1 Å². The first-order valence-electron chi connectivity index (χ1n) is 9.44. The van der Waals surface area contributed by atoms with Gasteiger partial charge in [-0.3, -0.25) is 14.5 Å². The standard InChI is InChI=1S/C20H26N2O4/c23-17(26-15-7-10-16-8-3-1-4-9-16)11-14-22-18(24)20(21-19(22)25)12-5-2-6-13-20/h1,3-4,8-9H,2,5-7,10-15H2,(H,21,25). The minimum absolute atomic E-state index is 0.0422. The molecule has 1 spiro atoms. The normalized spacial score (nSPS) is 18.8. The largest absolute Gasteiger partial charge is 0.466 e. The summed E-state index contributed by atoms with van der Waals surface area (Å²) in [5, 5.41) is 2.85. The first-order valence-corrected chi connectivity index (χ1v) is 9.44. The quantitative estimate of drug-likeness (QED) is 0.462. The van der Waals surface area contributed by atoms with Crippen LogP contribution in [0.2, 0.25) is 0 Å². The lowest BCUT2D eigenvalue weighted by Crippen LogP contribution is -2.48. The van der Waals surface area contributed by atoms with E-state index in [2.05, 4.69) is 5.32 Å². The summed E-state index contributed by atoms with van der Waals surface area (Å²) < 4.78 is 5.22. The predicted molar refractivity (Wildman–Crippen MR) is 96.4 cm³/mol. The number of hydrogen-bond acceptors (Lipinski definition) is 4. The highest BCUT2D eigenvalue weighted by Gasteiger charge is 2.51. The Bertz CT molecular complexity index is 653. The van der Waals surface area contributed by atoms with Crippen molar-refractivity contribution in [1.29, 1.82) is 0 Å². The number of esters is 1. The van der Waals surface area contributed by atoms with Crippen molar-refractivity contribution in [1.82, 2.24) is 10.2 Å². The third-order valence-electron chi connectivity index (χ3n) is 5.21. The highest BCUT2D eigenvalue weighted by atomic mass is 16.5. The summed E-state index contributed by atoms with van der Waals surface area (Å²) in [5.41, 5.74) is 0.482. The summed E-state index contributed by atoms with van der Waals surface area (Å²) in [4.78, 5) is 37.8. The number of benzene rings is 1. The molecular formula is C20H26N2O4. The highest BCUT2D eigenvalue weighted by Crippen LogP contribution is 2.33. The maximum atomic E-state index is 12.6. The Kier molecular flexibility index (Phi) is 5.91. The van der Waals surface area contributed by atoms with Gasteiger partial charge in [0.2, 0.25) is 0 Å². The number of imide groups is 1. The molecule has 2 aliphatic rings. The van der Waals surface area contributed by atoms with E-state index in [9.17, 15) is 14.4 Å². The molecule has 1 N–H and O–H groups in total. The molecule has 3 rings (SSSR count). The molecule has 26 heavy (non-hydrogen) atoms. The molecular weight excluding hydrogens is 332 g/mol. The number of nitrogens with zero attached hydrogens (tertiary/aromatic N) is 1. The molecule has 0 atom stereocenters. The molecule has 6 heteroatoms. The molecule has 0 aromatic heterocycles. The summed E-state index contributed by atoms with van der Waals surface area (Å²) in [5.74, 6) is -0.553. The number of urea groups is 1. The summed E-state index contributed by atoms with van der Waals surface area (Å²) >= 11 is 0. The fourth-order valence-electron chi connectivity index (χ4n) is 3.76. The predicted octanol–water partition coefficient (Wildman–Crippen LogP) is 2.81. The number of amides is 3. The molecule has 0 unspecified atom stereocenters. The van der Waals surface area contributed by atoms with E-state index < -0.39 is 5.54 Å². The van der Waals surface area contributed by atoms with Gasteiger partial charge in [-0.05, 0) is 31.2 Å². The van der Waals surface area contributed by atoms with Crippen LogP contribution in [-0.2, 0) is 20.7 Å². The van der Waals surface area contributed by atoms with Gasteiger partial charge in [-0.1, -0.05) is 49.6 Å². The Hall–Kier alpha value is -2.37. The minimum atomic E-state index is -0.727. The van der Waals surface area contributed by atoms with Crippen LogP contribution in [0.4, 0.5) is 4.79 Å². The van der Waals surface area contributed by atoms with Gasteiger partial charge in [0.05, 0.1) is 13.0 Å². The van der Waals surface area contributed by atoms with E-state index in [1.165, 1.54) is 10.5 Å². The molecule has 1 aliphatic heterocycles. The fraction of sp³-hybridized carbons (Fsp3) is 0.550. The van der Waals surface area contributed by atoms with E-state index in [-0.39, 0.29) is 30.9 Å². The van der Waals surface area contributed by atoms with Gasteiger partial charge in [-0.2, -0.15) is 0 Å². The number of rotatable bonds is 7. The fourth-order valence-corrected chi connectivity index (χ4v) is 3.76. The van der Waals surface area contributed by atoms with Gasteiger partial charge in [0.15, 0.2) is 0 Å². The second-order valence-corrected chi connectivity index (χ2v) is 7.09. The number of carbonyl (C=O) groups excluding carboxylic acids is 3. The highest BCUT2D eigenvalue weighted by molar-refractivity contribution is 6.07. The van der Waals surface area contributed by atoms with Gasteiger partial charge in [0.25, 0.3) is 5.91 Å². The van der Waals surface area contributed by atoms with E-state index in [0.717, 1.165) is 32.1 Å². The number of aryl methyl sites for hydroxylation is 1. The summed E-state index contributed by atoms with van der Waals surface area (Å²) in [6.45, 7) is 0.432. The van der Waals surface area contributed by atoms with Crippen molar-refractivity contribution in [3.8, 4) is 0 Å². The van der Waals surface area contributed by atoms with Crippen molar-refractivity contribution in [3.63, 3.8) is 0 Å². The number of nitrogens with one attached hydrogen (secondary N) is 1. The van der Waals surface area contributed by atoms with Crippen LogP contribution >= 0.6 is 0 Å². The maximum Gasteiger partial charge on any atom is 0.325 e. The van der Waals surface area contributed by atoms with E-state index in [4.69, 9.17) is 4.74 Å². The molecule has 0 bridgehead atoms. The van der Waals surface area contributed by atoms with Crippen LogP contribution in [0.25, 0.3) is 0 Å². The summed E-state index contributed by atoms with van der Waals surface area (Å²) in [6.07, 6.45) is 6.02. The lowest BCUT2D eigenvalue weighted by molar-refractivity contribution is -0.144. The Morgan fingerprint density at radius 1 is 1.12 bits per heavy atom. The molecule has 1 saturated carbocycles. The van der Waals surface area contributed by atoms with Crippen LogP contribution in [0, 0.1) is 0 Å². The van der Waals surface area contributed by atoms with Crippen LogP contribution in [0.5, 0.6) is 0 Å². The molecule has 1 heterocycles. The Labute approximate surface area is 153 Å². The second-order valence-electron chi connectivity index (χ2n) is 7.09. The molecule has 6 nitrogen and oxygen atoms in total. The van der Waals surface area contributed by atoms with E-state index in [0.29, 0.717) is 19.4 Å². The zero-order valence-corrected chi connectivity index (χ0v) is 15.0. The Morgan fingerprint density at radius 3 is 2.58 bits per heavy atom. The molecule has 1 aliphatic carbocycles. The van der Waals surface area contributed by atoms with Crippen LogP contribution in [0.3, 0.4) is 0 Å². The van der Waals surface area contributed by atoms with Crippen molar-refractivity contribution >= 4 is 17.9 Å². The van der Waals surface area contributed by atoms with Gasteiger partial charge in [-0.15, -0.1) is 0 Å². The average Bonchev–Trinajstić information content (AvgIpc) is 2.88. The SMILES string of the molecule is O=C(CCN1C(=O)NC2(CCCCC2)C1=O)OCCCc1ccccc1. The van der Waals surface area contributed by atoms with Gasteiger partial charge in [0.1, 0.15) is 5.54 Å². The van der Waals surface area contributed by atoms with E-state index >= 15 is 0 Å². The molecule has 1 saturated heterocycles. The lowest BCUT2D eigenvalue weighted by Gasteiger charge is -2.30. The Balaban J connectivity index is 1.38. The zero-order chi connectivity index (χ0) is 18.4.